The highest BCUT2D eigenvalue weighted by atomic mass is 16.5. The largest absolute Gasteiger partial charge is 0.377 e. The Hall–Kier alpha value is -1.39. The predicted octanol–water partition coefficient (Wildman–Crippen LogP) is 1.46. The third kappa shape index (κ3) is 5.01. The predicted molar refractivity (Wildman–Crippen MR) is 74.7 cm³/mol. The van der Waals surface area contributed by atoms with Gasteiger partial charge in [-0.25, -0.2) is 0 Å². The van der Waals surface area contributed by atoms with Crippen LogP contribution in [0, 0.1) is 0 Å². The van der Waals surface area contributed by atoms with Gasteiger partial charge in [0.1, 0.15) is 0 Å². The average Bonchev–Trinajstić information content (AvgIpc) is 2.98. The minimum atomic E-state index is 0.0187. The highest BCUT2D eigenvalue weighted by Gasteiger charge is 2.20. The van der Waals surface area contributed by atoms with Gasteiger partial charge in [0.2, 0.25) is 5.91 Å². The van der Waals surface area contributed by atoms with Crippen molar-refractivity contribution in [3.63, 3.8) is 0 Å². The molecule has 4 heteroatoms. The van der Waals surface area contributed by atoms with Crippen molar-refractivity contribution in [2.45, 2.75) is 31.9 Å². The van der Waals surface area contributed by atoms with Crippen LogP contribution in [0.1, 0.15) is 24.8 Å². The molecule has 1 aliphatic rings. The first-order valence-corrected chi connectivity index (χ1v) is 6.99. The molecule has 0 bridgehead atoms. The summed E-state index contributed by atoms with van der Waals surface area (Å²) in [5, 5.41) is 6.13. The fourth-order valence-corrected chi connectivity index (χ4v) is 2.18. The molecule has 1 aromatic carbocycles. The monoisotopic (exact) mass is 262 g/mol. The zero-order valence-corrected chi connectivity index (χ0v) is 11.2. The van der Waals surface area contributed by atoms with E-state index in [1.54, 1.807) is 0 Å². The van der Waals surface area contributed by atoms with Crippen LogP contribution in [0.25, 0.3) is 0 Å². The van der Waals surface area contributed by atoms with E-state index in [1.807, 2.05) is 30.3 Å². The van der Waals surface area contributed by atoms with Crippen LogP contribution < -0.4 is 10.6 Å². The van der Waals surface area contributed by atoms with Crippen molar-refractivity contribution in [2.24, 2.45) is 0 Å². The highest BCUT2D eigenvalue weighted by molar-refractivity contribution is 5.81. The maximum Gasteiger partial charge on any atom is 0.237 e. The summed E-state index contributed by atoms with van der Waals surface area (Å²) in [6, 6.07) is 10.1. The van der Waals surface area contributed by atoms with Crippen molar-refractivity contribution in [2.75, 3.05) is 19.7 Å². The highest BCUT2D eigenvalue weighted by Crippen LogP contribution is 2.04. The first kappa shape index (κ1) is 14.0. The molecule has 1 aromatic rings. The lowest BCUT2D eigenvalue weighted by molar-refractivity contribution is -0.122. The van der Waals surface area contributed by atoms with Gasteiger partial charge < -0.3 is 15.4 Å². The van der Waals surface area contributed by atoms with E-state index >= 15 is 0 Å². The number of ether oxygens (including phenoxy) is 1. The Morgan fingerprint density at radius 1 is 1.37 bits per heavy atom. The molecule has 0 aromatic heterocycles. The number of hydrogen-bond donors (Lipinski definition) is 2. The molecule has 2 rings (SSSR count). The molecule has 1 unspecified atom stereocenters. The molecule has 1 fully saturated rings. The summed E-state index contributed by atoms with van der Waals surface area (Å²) in [6.07, 6.45) is 2.90. The van der Waals surface area contributed by atoms with Crippen LogP contribution in [0.2, 0.25) is 0 Å². The summed E-state index contributed by atoms with van der Waals surface area (Å²) >= 11 is 0. The standard InChI is InChI=1S/C15H22N2O2/c18-15(14-8-4-9-16-14)17-10-5-11-19-12-13-6-2-1-3-7-13/h1-3,6-7,14,16H,4-5,8-12H2,(H,17,18). The maximum atomic E-state index is 11.7. The van der Waals surface area contributed by atoms with Crippen molar-refractivity contribution in [1.29, 1.82) is 0 Å². The van der Waals surface area contributed by atoms with Gasteiger partial charge in [0, 0.05) is 13.2 Å². The molecule has 0 aliphatic carbocycles. The summed E-state index contributed by atoms with van der Waals surface area (Å²) < 4.78 is 5.56. The van der Waals surface area contributed by atoms with Gasteiger partial charge in [-0.1, -0.05) is 30.3 Å². The van der Waals surface area contributed by atoms with Gasteiger partial charge >= 0.3 is 0 Å². The van der Waals surface area contributed by atoms with Crippen LogP contribution in [0.5, 0.6) is 0 Å². The van der Waals surface area contributed by atoms with E-state index < -0.39 is 0 Å². The van der Waals surface area contributed by atoms with Crippen molar-refractivity contribution < 1.29 is 9.53 Å². The molecular formula is C15H22N2O2. The Bertz CT molecular complexity index is 375. The smallest absolute Gasteiger partial charge is 0.237 e. The normalized spacial score (nSPS) is 18.4. The first-order chi connectivity index (χ1) is 9.36. The van der Waals surface area contributed by atoms with Crippen molar-refractivity contribution in [3.05, 3.63) is 35.9 Å². The Morgan fingerprint density at radius 3 is 2.95 bits per heavy atom. The summed E-state index contributed by atoms with van der Waals surface area (Å²) in [7, 11) is 0. The van der Waals surface area contributed by atoms with Crippen LogP contribution in [0.15, 0.2) is 30.3 Å². The molecule has 1 atom stereocenters. The summed E-state index contributed by atoms with van der Waals surface area (Å²) in [6.45, 7) is 2.95. The van der Waals surface area contributed by atoms with Gasteiger partial charge in [-0.05, 0) is 31.4 Å². The second-order valence-corrected chi connectivity index (χ2v) is 4.83. The number of benzene rings is 1. The van der Waals surface area contributed by atoms with E-state index in [4.69, 9.17) is 4.74 Å². The molecule has 2 N–H and O–H groups in total. The Balaban J connectivity index is 1.49. The average molecular weight is 262 g/mol. The molecular weight excluding hydrogens is 240 g/mol. The van der Waals surface area contributed by atoms with Crippen molar-refractivity contribution in [1.82, 2.24) is 10.6 Å². The second kappa shape index (κ2) is 7.92. The molecule has 104 valence electrons. The van der Waals surface area contributed by atoms with E-state index in [9.17, 15) is 4.79 Å². The van der Waals surface area contributed by atoms with Gasteiger partial charge in [-0.3, -0.25) is 4.79 Å². The third-order valence-corrected chi connectivity index (χ3v) is 3.25. The molecule has 0 radical (unpaired) electrons. The van der Waals surface area contributed by atoms with Gasteiger partial charge in [-0.15, -0.1) is 0 Å². The fourth-order valence-electron chi connectivity index (χ4n) is 2.18. The topological polar surface area (TPSA) is 50.4 Å². The summed E-state index contributed by atoms with van der Waals surface area (Å²) in [5.41, 5.74) is 1.18. The maximum absolute atomic E-state index is 11.7. The number of carbonyl (C=O) groups excluding carboxylic acids is 1. The first-order valence-electron chi connectivity index (χ1n) is 6.99. The zero-order valence-electron chi connectivity index (χ0n) is 11.2. The lowest BCUT2D eigenvalue weighted by atomic mass is 10.2. The van der Waals surface area contributed by atoms with Crippen LogP contribution in [0.4, 0.5) is 0 Å². The zero-order chi connectivity index (χ0) is 13.3. The molecule has 1 amide bonds. The molecule has 1 heterocycles. The fraction of sp³-hybridized carbons (Fsp3) is 0.533. The number of amides is 1. The Morgan fingerprint density at radius 2 is 2.21 bits per heavy atom. The number of hydrogen-bond acceptors (Lipinski definition) is 3. The van der Waals surface area contributed by atoms with Gasteiger partial charge in [-0.2, -0.15) is 0 Å². The minimum Gasteiger partial charge on any atom is -0.377 e. The lowest BCUT2D eigenvalue weighted by Gasteiger charge is -2.11. The van der Waals surface area contributed by atoms with Gasteiger partial charge in [0.15, 0.2) is 0 Å². The quantitative estimate of drug-likeness (QED) is 0.732. The third-order valence-electron chi connectivity index (χ3n) is 3.25. The molecule has 1 aliphatic heterocycles. The lowest BCUT2D eigenvalue weighted by Crippen LogP contribution is -2.40. The second-order valence-electron chi connectivity index (χ2n) is 4.83. The molecule has 0 spiro atoms. The Kier molecular flexibility index (Phi) is 5.85. The van der Waals surface area contributed by atoms with E-state index in [-0.39, 0.29) is 11.9 Å². The summed E-state index contributed by atoms with van der Waals surface area (Å²) in [5.74, 6) is 0.126. The van der Waals surface area contributed by atoms with Gasteiger partial charge in [0.05, 0.1) is 12.6 Å². The number of carbonyl (C=O) groups is 1. The molecule has 0 saturated carbocycles. The van der Waals surface area contributed by atoms with Crippen molar-refractivity contribution in [3.8, 4) is 0 Å². The van der Waals surface area contributed by atoms with Gasteiger partial charge in [0.25, 0.3) is 0 Å². The van der Waals surface area contributed by atoms with Crippen LogP contribution >= 0.6 is 0 Å². The van der Waals surface area contributed by atoms with Crippen LogP contribution in [-0.2, 0) is 16.1 Å². The van der Waals surface area contributed by atoms with E-state index in [2.05, 4.69) is 10.6 Å². The van der Waals surface area contributed by atoms with E-state index in [0.717, 1.165) is 25.8 Å². The summed E-state index contributed by atoms with van der Waals surface area (Å²) in [4.78, 5) is 11.7. The van der Waals surface area contributed by atoms with E-state index in [0.29, 0.717) is 19.8 Å². The molecule has 4 nitrogen and oxygen atoms in total. The molecule has 19 heavy (non-hydrogen) atoms. The van der Waals surface area contributed by atoms with E-state index in [1.165, 1.54) is 5.56 Å². The minimum absolute atomic E-state index is 0.0187. The number of nitrogens with one attached hydrogen (secondary N) is 2. The Labute approximate surface area is 114 Å². The van der Waals surface area contributed by atoms with Crippen molar-refractivity contribution >= 4 is 5.91 Å². The van der Waals surface area contributed by atoms with Crippen LogP contribution in [-0.4, -0.2) is 31.6 Å². The molecule has 1 saturated heterocycles. The SMILES string of the molecule is O=C(NCCCOCc1ccccc1)C1CCCN1. The number of rotatable bonds is 7. The van der Waals surface area contributed by atoms with Crippen LogP contribution in [0.3, 0.4) is 0 Å².